The molecule has 1 aliphatic heterocycles. The van der Waals surface area contributed by atoms with Crippen LogP contribution in [0.5, 0.6) is 11.5 Å². The van der Waals surface area contributed by atoms with Gasteiger partial charge in [-0.2, -0.15) is 0 Å². The first-order chi connectivity index (χ1) is 15.3. The van der Waals surface area contributed by atoms with E-state index in [1.807, 2.05) is 26.8 Å². The summed E-state index contributed by atoms with van der Waals surface area (Å²) in [6, 6.07) is 10.7. The van der Waals surface area contributed by atoms with Crippen molar-refractivity contribution >= 4 is 30.6 Å². The maximum Gasteiger partial charge on any atom is 0.256 e. The summed E-state index contributed by atoms with van der Waals surface area (Å²) in [5, 5.41) is 0.481. The smallest absolute Gasteiger partial charge is 0.256 e. The molecule has 3 rings (SSSR count). The average molecular weight is 496 g/mol. The number of nitrogens with zero attached hydrogens (tertiary/aromatic N) is 1. The van der Waals surface area contributed by atoms with Crippen molar-refractivity contribution in [1.29, 1.82) is 0 Å². The summed E-state index contributed by atoms with van der Waals surface area (Å²) in [6.45, 7) is 6.46. The number of ether oxygens (including phenoxy) is 3. The number of carbonyl (C=O) groups excluding carboxylic acids is 1. The van der Waals surface area contributed by atoms with Crippen molar-refractivity contribution < 1.29 is 23.6 Å². The molecular formula is C23H31ClN3O5P. The molecule has 180 valence electrons. The predicted octanol–water partition coefficient (Wildman–Crippen LogP) is 4.34. The standard InChI is InChI=1S/C23H31ClN3O5P/c1-23(2,3)13-27-17-10-9-14(24)11-16(17)20(32-19(22(27)28)12-33(25,26)29)15-7-6-8-18(30-4)21(15)31-5/h6-11,19-20H,12-13H2,1-5H3,(H4,25,26,29)/t19-,20-/m1/s1. The number of hydrogen-bond donors (Lipinski definition) is 2. The van der Waals surface area contributed by atoms with E-state index in [2.05, 4.69) is 0 Å². The molecule has 0 aliphatic carbocycles. The minimum Gasteiger partial charge on any atom is -0.493 e. The van der Waals surface area contributed by atoms with Crippen LogP contribution in [0.3, 0.4) is 0 Å². The average Bonchev–Trinajstić information content (AvgIpc) is 2.81. The minimum atomic E-state index is -3.58. The minimum absolute atomic E-state index is 0.236. The van der Waals surface area contributed by atoms with Crippen LogP contribution in [0.4, 0.5) is 5.69 Å². The fourth-order valence-electron chi connectivity index (χ4n) is 3.95. The van der Waals surface area contributed by atoms with Crippen LogP contribution < -0.4 is 25.4 Å². The number of benzene rings is 2. The van der Waals surface area contributed by atoms with Gasteiger partial charge in [-0.1, -0.05) is 44.5 Å². The third kappa shape index (κ3) is 5.89. The van der Waals surface area contributed by atoms with Crippen LogP contribution in [0.1, 0.15) is 38.0 Å². The lowest BCUT2D eigenvalue weighted by Crippen LogP contribution is -2.45. The molecule has 8 nitrogen and oxygen atoms in total. The van der Waals surface area contributed by atoms with Gasteiger partial charge in [0.15, 0.2) is 11.5 Å². The molecule has 0 radical (unpaired) electrons. The summed E-state index contributed by atoms with van der Waals surface area (Å²) in [5.74, 6) is 0.591. The fourth-order valence-corrected chi connectivity index (χ4v) is 4.89. The number of carbonyl (C=O) groups is 1. The number of hydrogen-bond acceptors (Lipinski definition) is 5. The third-order valence-corrected chi connectivity index (χ3v) is 6.34. The zero-order chi connectivity index (χ0) is 24.6. The Balaban J connectivity index is 2.28. The van der Waals surface area contributed by atoms with E-state index >= 15 is 0 Å². The lowest BCUT2D eigenvalue weighted by molar-refractivity contribution is -0.130. The first kappa shape index (κ1) is 25.5. The number of fused-ring (bicyclic) bond motifs is 1. The molecule has 10 heteroatoms. The number of nitrogens with two attached hydrogens (primary N) is 2. The summed E-state index contributed by atoms with van der Waals surface area (Å²) in [7, 11) is -0.514. The van der Waals surface area contributed by atoms with Crippen LogP contribution in [0.15, 0.2) is 36.4 Å². The van der Waals surface area contributed by atoms with E-state index in [0.29, 0.717) is 39.9 Å². The molecule has 0 spiro atoms. The van der Waals surface area contributed by atoms with Crippen LogP contribution in [0, 0.1) is 5.41 Å². The summed E-state index contributed by atoms with van der Waals surface area (Å²) in [5.41, 5.74) is 13.1. The first-order valence-electron chi connectivity index (χ1n) is 10.5. The highest BCUT2D eigenvalue weighted by atomic mass is 35.5. The van der Waals surface area contributed by atoms with Gasteiger partial charge in [-0.3, -0.25) is 20.4 Å². The second-order valence-corrected chi connectivity index (χ2v) is 11.8. The van der Waals surface area contributed by atoms with E-state index in [9.17, 15) is 9.36 Å². The van der Waals surface area contributed by atoms with Gasteiger partial charge in [-0.25, -0.2) is 0 Å². The number of anilines is 1. The number of halogens is 1. The predicted molar refractivity (Wildman–Crippen MR) is 130 cm³/mol. The van der Waals surface area contributed by atoms with E-state index in [1.54, 1.807) is 35.2 Å². The van der Waals surface area contributed by atoms with E-state index in [1.165, 1.54) is 14.2 Å². The van der Waals surface area contributed by atoms with E-state index < -0.39 is 19.7 Å². The van der Waals surface area contributed by atoms with Gasteiger partial charge in [0.2, 0.25) is 7.44 Å². The molecule has 4 N–H and O–H groups in total. The Morgan fingerprint density at radius 1 is 1.12 bits per heavy atom. The van der Waals surface area contributed by atoms with Crippen LogP contribution in [0.25, 0.3) is 0 Å². The van der Waals surface area contributed by atoms with Gasteiger partial charge >= 0.3 is 0 Å². The van der Waals surface area contributed by atoms with Gasteiger partial charge < -0.3 is 19.1 Å². The van der Waals surface area contributed by atoms with Crippen LogP contribution >= 0.6 is 19.0 Å². The van der Waals surface area contributed by atoms with E-state index in [4.69, 9.17) is 36.8 Å². The topological polar surface area (TPSA) is 117 Å². The Labute approximate surface area is 199 Å². The molecule has 0 saturated carbocycles. The van der Waals surface area contributed by atoms with Crippen LogP contribution in [-0.4, -0.2) is 38.9 Å². The SMILES string of the molecule is COc1cccc([C@H]2O[C@H](CP(N)(N)=O)C(=O)N(CC(C)(C)C)c3ccc(Cl)cc32)c1OC. The van der Waals surface area contributed by atoms with Crippen molar-refractivity contribution in [3.63, 3.8) is 0 Å². The second kappa shape index (κ2) is 9.65. The molecule has 1 aliphatic rings. The summed E-state index contributed by atoms with van der Waals surface area (Å²) < 4.78 is 29.8. The van der Waals surface area contributed by atoms with Gasteiger partial charge in [-0.05, 0) is 29.7 Å². The van der Waals surface area contributed by atoms with Gasteiger partial charge in [-0.15, -0.1) is 0 Å². The van der Waals surface area contributed by atoms with Crippen molar-refractivity contribution in [1.82, 2.24) is 0 Å². The molecule has 1 heterocycles. The van der Waals surface area contributed by atoms with Crippen molar-refractivity contribution in [2.75, 3.05) is 31.8 Å². The highest BCUT2D eigenvalue weighted by Crippen LogP contribution is 2.46. The van der Waals surface area contributed by atoms with Gasteiger partial charge in [0.25, 0.3) is 5.91 Å². The maximum absolute atomic E-state index is 13.7. The van der Waals surface area contributed by atoms with Gasteiger partial charge in [0.05, 0.1) is 20.4 Å². The fraction of sp³-hybridized carbons (Fsp3) is 0.435. The third-order valence-electron chi connectivity index (χ3n) is 5.20. The number of amides is 1. The Morgan fingerprint density at radius 2 is 1.82 bits per heavy atom. The molecule has 0 unspecified atom stereocenters. The quantitative estimate of drug-likeness (QED) is 0.572. The van der Waals surface area contributed by atoms with Crippen molar-refractivity contribution in [3.05, 3.63) is 52.5 Å². The molecule has 2 atom stereocenters. The van der Waals surface area contributed by atoms with Crippen molar-refractivity contribution in [2.24, 2.45) is 16.4 Å². The Kier molecular flexibility index (Phi) is 7.46. The zero-order valence-corrected chi connectivity index (χ0v) is 21.2. The Bertz CT molecular complexity index is 1080. The molecule has 0 aromatic heterocycles. The van der Waals surface area contributed by atoms with Gasteiger partial charge in [0.1, 0.15) is 12.2 Å². The Hall–Kier alpha value is -2.09. The van der Waals surface area contributed by atoms with Crippen molar-refractivity contribution in [3.8, 4) is 11.5 Å². The Morgan fingerprint density at radius 3 is 2.39 bits per heavy atom. The number of para-hydroxylation sites is 1. The highest BCUT2D eigenvalue weighted by molar-refractivity contribution is 7.59. The summed E-state index contributed by atoms with van der Waals surface area (Å²) in [6.07, 6.45) is -2.23. The molecule has 1 amide bonds. The second-order valence-electron chi connectivity index (χ2n) is 9.31. The van der Waals surface area contributed by atoms with Crippen LogP contribution in [-0.2, 0) is 14.1 Å². The molecular weight excluding hydrogens is 465 g/mol. The molecule has 2 aromatic carbocycles. The molecule has 2 aromatic rings. The first-order valence-corrected chi connectivity index (χ1v) is 12.9. The lowest BCUT2D eigenvalue weighted by Gasteiger charge is -2.31. The van der Waals surface area contributed by atoms with Crippen LogP contribution in [0.2, 0.25) is 5.02 Å². The maximum atomic E-state index is 13.7. The number of methoxy groups -OCH3 is 2. The normalized spacial score (nSPS) is 19.2. The van der Waals surface area contributed by atoms with E-state index in [0.717, 1.165) is 0 Å². The van der Waals surface area contributed by atoms with Crippen molar-refractivity contribution in [2.45, 2.75) is 33.0 Å². The largest absolute Gasteiger partial charge is 0.493 e. The summed E-state index contributed by atoms with van der Waals surface area (Å²) >= 11 is 6.38. The zero-order valence-electron chi connectivity index (χ0n) is 19.5. The van der Waals surface area contributed by atoms with Gasteiger partial charge in [0, 0.05) is 28.4 Å². The molecule has 0 fully saturated rings. The van der Waals surface area contributed by atoms with E-state index in [-0.39, 0.29) is 17.5 Å². The lowest BCUT2D eigenvalue weighted by atomic mass is 9.94. The monoisotopic (exact) mass is 495 g/mol. The summed E-state index contributed by atoms with van der Waals surface area (Å²) in [4.78, 5) is 15.3. The highest BCUT2D eigenvalue weighted by Gasteiger charge is 2.41. The molecule has 0 saturated heterocycles. The molecule has 33 heavy (non-hydrogen) atoms. The molecule has 0 bridgehead atoms. The number of rotatable bonds is 6.